The summed E-state index contributed by atoms with van der Waals surface area (Å²) in [4.78, 5) is 16.7. The van der Waals surface area contributed by atoms with Crippen LogP contribution in [0.5, 0.6) is 17.2 Å². The molecule has 0 saturated carbocycles. The first kappa shape index (κ1) is 16.7. The van der Waals surface area contributed by atoms with Crippen LogP contribution >= 0.6 is 0 Å². The summed E-state index contributed by atoms with van der Waals surface area (Å²) in [7, 11) is 0. The Labute approximate surface area is 161 Å². The molecule has 0 spiro atoms. The van der Waals surface area contributed by atoms with Gasteiger partial charge < -0.3 is 23.9 Å². The van der Waals surface area contributed by atoms with Gasteiger partial charge in [0.15, 0.2) is 23.8 Å². The zero-order chi connectivity index (χ0) is 18.9. The van der Waals surface area contributed by atoms with E-state index in [1.807, 2.05) is 12.1 Å². The normalized spacial score (nSPS) is 14.7. The topological polar surface area (TPSA) is 82.8 Å². The van der Waals surface area contributed by atoms with Gasteiger partial charge in [-0.2, -0.15) is 0 Å². The van der Waals surface area contributed by atoms with E-state index in [2.05, 4.69) is 22.4 Å². The molecule has 28 heavy (non-hydrogen) atoms. The Morgan fingerprint density at radius 1 is 1.11 bits per heavy atom. The summed E-state index contributed by atoms with van der Waals surface area (Å²) in [5.74, 6) is 2.03. The van der Waals surface area contributed by atoms with Crippen LogP contribution in [0.15, 0.2) is 53.1 Å². The summed E-state index contributed by atoms with van der Waals surface area (Å²) >= 11 is 0. The molecular weight excluding hydrogens is 360 g/mol. The average molecular weight is 378 g/mol. The maximum Gasteiger partial charge on any atom is 0.273 e. The number of nitrogens with zero attached hydrogens (tertiary/aromatic N) is 1. The van der Waals surface area contributed by atoms with Gasteiger partial charge in [-0.15, -0.1) is 0 Å². The Hall–Kier alpha value is -3.48. The molecule has 0 unspecified atom stereocenters. The number of hydrogen-bond acceptors (Lipinski definition) is 6. The Morgan fingerprint density at radius 3 is 2.71 bits per heavy atom. The molecule has 2 heterocycles. The third-order valence-electron chi connectivity index (χ3n) is 4.88. The standard InChI is InChI=1S/C21H18N2O5/c24-21(22-15-7-13-3-1-2-4-14(13)8-15)17-10-26-20(23-17)11-25-16-5-6-18-19(9-16)28-12-27-18/h1-6,9-10,15H,7-8,11-12H2,(H,22,24). The van der Waals surface area contributed by atoms with Crippen molar-refractivity contribution in [2.75, 3.05) is 6.79 Å². The highest BCUT2D eigenvalue weighted by atomic mass is 16.7. The van der Waals surface area contributed by atoms with Gasteiger partial charge in [-0.05, 0) is 36.1 Å². The summed E-state index contributed by atoms with van der Waals surface area (Å²) < 4.78 is 21.6. The molecule has 0 bridgehead atoms. The molecule has 7 heteroatoms. The molecule has 0 atom stereocenters. The Bertz CT molecular complexity index is 1000. The van der Waals surface area contributed by atoms with Crippen molar-refractivity contribution >= 4 is 5.91 Å². The van der Waals surface area contributed by atoms with E-state index in [9.17, 15) is 4.79 Å². The van der Waals surface area contributed by atoms with Crippen molar-refractivity contribution in [1.82, 2.24) is 10.3 Å². The first-order valence-electron chi connectivity index (χ1n) is 9.09. The van der Waals surface area contributed by atoms with Gasteiger partial charge in [0.1, 0.15) is 12.0 Å². The molecule has 0 fully saturated rings. The van der Waals surface area contributed by atoms with Gasteiger partial charge in [0, 0.05) is 12.1 Å². The van der Waals surface area contributed by atoms with Crippen molar-refractivity contribution in [3.63, 3.8) is 0 Å². The second kappa shape index (κ2) is 6.92. The number of carbonyl (C=O) groups excluding carboxylic acids is 1. The predicted octanol–water partition coefficient (Wildman–Crippen LogP) is 2.88. The fraction of sp³-hybridized carbons (Fsp3) is 0.238. The number of nitrogens with one attached hydrogen (secondary N) is 1. The average Bonchev–Trinajstić information content (AvgIpc) is 3.44. The zero-order valence-corrected chi connectivity index (χ0v) is 15.0. The number of amides is 1. The van der Waals surface area contributed by atoms with Gasteiger partial charge in [-0.1, -0.05) is 24.3 Å². The predicted molar refractivity (Wildman–Crippen MR) is 98.5 cm³/mol. The lowest BCUT2D eigenvalue weighted by atomic mass is 10.1. The molecule has 1 N–H and O–H groups in total. The van der Waals surface area contributed by atoms with E-state index in [-0.39, 0.29) is 31.0 Å². The van der Waals surface area contributed by atoms with E-state index in [4.69, 9.17) is 18.6 Å². The minimum atomic E-state index is -0.240. The van der Waals surface area contributed by atoms with Crippen LogP contribution in [-0.2, 0) is 19.4 Å². The summed E-state index contributed by atoms with van der Waals surface area (Å²) in [6, 6.07) is 13.6. The van der Waals surface area contributed by atoms with Crippen molar-refractivity contribution in [2.24, 2.45) is 0 Å². The molecule has 1 aromatic heterocycles. The second-order valence-electron chi connectivity index (χ2n) is 6.78. The molecule has 0 radical (unpaired) electrons. The zero-order valence-electron chi connectivity index (χ0n) is 15.0. The molecule has 1 amide bonds. The lowest BCUT2D eigenvalue weighted by Gasteiger charge is -2.10. The molecular formula is C21H18N2O5. The molecule has 7 nitrogen and oxygen atoms in total. The fourth-order valence-electron chi connectivity index (χ4n) is 3.51. The largest absolute Gasteiger partial charge is 0.484 e. The van der Waals surface area contributed by atoms with E-state index in [0.29, 0.717) is 23.1 Å². The lowest BCUT2D eigenvalue weighted by Crippen LogP contribution is -2.35. The minimum Gasteiger partial charge on any atom is -0.484 e. The van der Waals surface area contributed by atoms with Crippen LogP contribution in [-0.4, -0.2) is 23.7 Å². The molecule has 5 rings (SSSR count). The van der Waals surface area contributed by atoms with Crippen molar-refractivity contribution in [2.45, 2.75) is 25.5 Å². The molecule has 1 aliphatic heterocycles. The maximum absolute atomic E-state index is 12.5. The van der Waals surface area contributed by atoms with Crippen molar-refractivity contribution in [3.8, 4) is 17.2 Å². The number of hydrogen-bond donors (Lipinski definition) is 1. The van der Waals surface area contributed by atoms with Crippen LogP contribution in [0.2, 0.25) is 0 Å². The van der Waals surface area contributed by atoms with Crippen LogP contribution in [0.25, 0.3) is 0 Å². The quantitative estimate of drug-likeness (QED) is 0.735. The van der Waals surface area contributed by atoms with Gasteiger partial charge in [-0.3, -0.25) is 4.79 Å². The highest BCUT2D eigenvalue weighted by molar-refractivity contribution is 5.92. The molecule has 1 aliphatic carbocycles. The second-order valence-corrected chi connectivity index (χ2v) is 6.78. The van der Waals surface area contributed by atoms with Gasteiger partial charge in [0.25, 0.3) is 5.91 Å². The molecule has 3 aromatic rings. The Morgan fingerprint density at radius 2 is 1.89 bits per heavy atom. The Balaban J connectivity index is 1.17. The van der Waals surface area contributed by atoms with Crippen molar-refractivity contribution in [3.05, 3.63) is 71.4 Å². The van der Waals surface area contributed by atoms with Crippen LogP contribution in [0, 0.1) is 0 Å². The van der Waals surface area contributed by atoms with E-state index in [1.165, 1.54) is 17.4 Å². The number of benzene rings is 2. The van der Waals surface area contributed by atoms with E-state index >= 15 is 0 Å². The third kappa shape index (κ3) is 3.26. The van der Waals surface area contributed by atoms with E-state index in [1.54, 1.807) is 18.2 Å². The van der Waals surface area contributed by atoms with Gasteiger partial charge in [-0.25, -0.2) is 4.98 Å². The molecule has 142 valence electrons. The number of oxazole rings is 1. The maximum atomic E-state index is 12.5. The first-order valence-corrected chi connectivity index (χ1v) is 9.09. The summed E-state index contributed by atoms with van der Waals surface area (Å²) in [6.07, 6.45) is 3.02. The lowest BCUT2D eigenvalue weighted by molar-refractivity contribution is 0.0933. The van der Waals surface area contributed by atoms with Crippen LogP contribution < -0.4 is 19.5 Å². The number of ether oxygens (including phenoxy) is 3. The van der Waals surface area contributed by atoms with Gasteiger partial charge in [0.2, 0.25) is 12.7 Å². The molecule has 2 aromatic carbocycles. The first-order chi connectivity index (χ1) is 13.7. The fourth-order valence-corrected chi connectivity index (χ4v) is 3.51. The summed E-state index contributed by atoms with van der Waals surface area (Å²) in [5, 5.41) is 3.02. The van der Waals surface area contributed by atoms with E-state index < -0.39 is 0 Å². The monoisotopic (exact) mass is 378 g/mol. The summed E-state index contributed by atoms with van der Waals surface area (Å²) in [5.41, 5.74) is 2.82. The highest BCUT2D eigenvalue weighted by Gasteiger charge is 2.24. The van der Waals surface area contributed by atoms with Crippen molar-refractivity contribution in [1.29, 1.82) is 0 Å². The number of aromatic nitrogens is 1. The number of carbonyl (C=O) groups is 1. The van der Waals surface area contributed by atoms with Crippen LogP contribution in [0.4, 0.5) is 0 Å². The molecule has 0 saturated heterocycles. The summed E-state index contributed by atoms with van der Waals surface area (Å²) in [6.45, 7) is 0.324. The number of rotatable bonds is 5. The highest BCUT2D eigenvalue weighted by Crippen LogP contribution is 2.35. The van der Waals surface area contributed by atoms with Crippen LogP contribution in [0.3, 0.4) is 0 Å². The molecule has 2 aliphatic rings. The van der Waals surface area contributed by atoms with Crippen molar-refractivity contribution < 1.29 is 23.4 Å². The van der Waals surface area contributed by atoms with Crippen LogP contribution in [0.1, 0.15) is 27.5 Å². The number of fused-ring (bicyclic) bond motifs is 2. The Kier molecular flexibility index (Phi) is 4.12. The van der Waals surface area contributed by atoms with Gasteiger partial charge in [0.05, 0.1) is 0 Å². The SMILES string of the molecule is O=C(NC1Cc2ccccc2C1)c1coc(COc2ccc3c(c2)OCO3)n1. The minimum absolute atomic E-state index is 0.0786. The van der Waals surface area contributed by atoms with Gasteiger partial charge >= 0.3 is 0 Å². The smallest absolute Gasteiger partial charge is 0.273 e. The van der Waals surface area contributed by atoms with E-state index in [0.717, 1.165) is 12.8 Å². The third-order valence-corrected chi connectivity index (χ3v) is 4.88.